The highest BCUT2D eigenvalue weighted by Gasteiger charge is 2.06. The fourth-order valence-electron chi connectivity index (χ4n) is 2.03. The first-order chi connectivity index (χ1) is 10.5. The first-order valence-electron chi connectivity index (χ1n) is 7.12. The quantitative estimate of drug-likeness (QED) is 0.887. The maximum absolute atomic E-state index is 14.0. The van der Waals surface area contributed by atoms with Crippen LogP contribution in [-0.4, -0.2) is 43.1 Å². The van der Waals surface area contributed by atoms with Crippen molar-refractivity contribution in [3.8, 4) is 0 Å². The van der Waals surface area contributed by atoms with E-state index in [9.17, 15) is 4.39 Å². The zero-order valence-electron chi connectivity index (χ0n) is 13.5. The van der Waals surface area contributed by atoms with E-state index in [0.717, 1.165) is 11.4 Å². The average Bonchev–Trinajstić information content (AvgIpc) is 2.47. The van der Waals surface area contributed by atoms with E-state index in [4.69, 9.17) is 0 Å². The van der Waals surface area contributed by atoms with Crippen molar-refractivity contribution in [3.05, 3.63) is 47.4 Å². The fourth-order valence-corrected chi connectivity index (χ4v) is 2.03. The predicted octanol–water partition coefficient (Wildman–Crippen LogP) is 2.36. The summed E-state index contributed by atoms with van der Waals surface area (Å²) in [6.45, 7) is 1.07. The lowest BCUT2D eigenvalue weighted by Crippen LogP contribution is -2.13. The van der Waals surface area contributed by atoms with Gasteiger partial charge in [0.2, 0.25) is 5.95 Å². The van der Waals surface area contributed by atoms with E-state index in [-0.39, 0.29) is 5.82 Å². The van der Waals surface area contributed by atoms with Crippen LogP contribution < -0.4 is 10.2 Å². The Hall–Kier alpha value is -2.21. The van der Waals surface area contributed by atoms with Crippen LogP contribution in [0.4, 0.5) is 16.2 Å². The van der Waals surface area contributed by atoms with Crippen molar-refractivity contribution in [1.29, 1.82) is 0 Å². The first-order valence-corrected chi connectivity index (χ1v) is 7.12. The Morgan fingerprint density at radius 1 is 1.14 bits per heavy atom. The van der Waals surface area contributed by atoms with Gasteiger partial charge in [-0.25, -0.2) is 9.37 Å². The molecule has 0 saturated heterocycles. The molecule has 0 spiro atoms. The number of hydrogen-bond donors (Lipinski definition) is 1. The number of anilines is 2. The molecule has 6 heteroatoms. The van der Waals surface area contributed by atoms with Crippen LogP contribution in [-0.2, 0) is 13.1 Å². The van der Waals surface area contributed by atoms with E-state index in [0.29, 0.717) is 24.6 Å². The summed E-state index contributed by atoms with van der Waals surface area (Å²) in [4.78, 5) is 12.4. The highest BCUT2D eigenvalue weighted by molar-refractivity contribution is 5.41. The topological polar surface area (TPSA) is 44.3 Å². The molecule has 1 N–H and O–H groups in total. The Kier molecular flexibility index (Phi) is 5.27. The smallest absolute Gasteiger partial charge is 0.224 e. The van der Waals surface area contributed by atoms with Gasteiger partial charge in [-0.3, -0.25) is 0 Å². The Labute approximate surface area is 130 Å². The van der Waals surface area contributed by atoms with E-state index >= 15 is 0 Å². The number of halogens is 1. The van der Waals surface area contributed by atoms with Gasteiger partial charge in [0.25, 0.3) is 0 Å². The van der Waals surface area contributed by atoms with Gasteiger partial charge in [0.05, 0.1) is 0 Å². The second-order valence-corrected chi connectivity index (χ2v) is 5.65. The fraction of sp³-hybridized carbons (Fsp3) is 0.375. The Balaban J connectivity index is 2.02. The van der Waals surface area contributed by atoms with Gasteiger partial charge in [-0.05, 0) is 31.8 Å². The molecule has 1 aromatic carbocycles. The summed E-state index contributed by atoms with van der Waals surface area (Å²) in [5, 5.41) is 3.12. The number of benzene rings is 1. The van der Waals surface area contributed by atoms with Gasteiger partial charge in [-0.15, -0.1) is 0 Å². The van der Waals surface area contributed by atoms with Gasteiger partial charge < -0.3 is 15.1 Å². The number of rotatable bonds is 6. The molecule has 0 aliphatic carbocycles. The predicted molar refractivity (Wildman–Crippen MR) is 87.5 cm³/mol. The molecule has 0 radical (unpaired) electrons. The zero-order valence-corrected chi connectivity index (χ0v) is 13.5. The molecule has 2 aromatic rings. The average molecular weight is 303 g/mol. The number of aromatic nitrogens is 2. The Morgan fingerprint density at radius 2 is 1.91 bits per heavy atom. The van der Waals surface area contributed by atoms with E-state index < -0.39 is 0 Å². The summed E-state index contributed by atoms with van der Waals surface area (Å²) in [7, 11) is 7.68. The van der Waals surface area contributed by atoms with Crippen LogP contribution in [0.25, 0.3) is 0 Å². The van der Waals surface area contributed by atoms with Gasteiger partial charge in [-0.1, -0.05) is 12.1 Å². The third-order valence-corrected chi connectivity index (χ3v) is 3.15. The van der Waals surface area contributed by atoms with Crippen LogP contribution in [0.5, 0.6) is 0 Å². The summed E-state index contributed by atoms with van der Waals surface area (Å²) in [5.74, 6) is 1.17. The normalized spacial score (nSPS) is 10.8. The van der Waals surface area contributed by atoms with Crippen molar-refractivity contribution >= 4 is 11.8 Å². The summed E-state index contributed by atoms with van der Waals surface area (Å²) in [5.41, 5.74) is 1.55. The molecule has 118 valence electrons. The highest BCUT2D eigenvalue weighted by atomic mass is 19.1. The Bertz CT molecular complexity index is 628. The van der Waals surface area contributed by atoms with Crippen molar-refractivity contribution in [2.75, 3.05) is 38.4 Å². The van der Waals surface area contributed by atoms with Crippen LogP contribution in [0.15, 0.2) is 30.5 Å². The third kappa shape index (κ3) is 4.39. The maximum Gasteiger partial charge on any atom is 0.224 e. The van der Waals surface area contributed by atoms with Crippen LogP contribution in [0, 0.1) is 5.82 Å². The molecule has 22 heavy (non-hydrogen) atoms. The van der Waals surface area contributed by atoms with Gasteiger partial charge in [0.1, 0.15) is 11.6 Å². The molecule has 1 heterocycles. The van der Waals surface area contributed by atoms with Gasteiger partial charge in [0.15, 0.2) is 0 Å². The first kappa shape index (κ1) is 16.2. The molecule has 2 rings (SSSR count). The van der Waals surface area contributed by atoms with Crippen molar-refractivity contribution in [1.82, 2.24) is 14.9 Å². The summed E-state index contributed by atoms with van der Waals surface area (Å²) in [6.07, 6.45) is 1.70. The molecule has 0 unspecified atom stereocenters. The SMILES string of the molecule is CN(C)Cc1ccc(CNc2nccc(N(C)C)n2)cc1F. The molecule has 0 amide bonds. The molecular formula is C16H22FN5. The molecule has 0 aliphatic heterocycles. The minimum Gasteiger partial charge on any atom is -0.363 e. The number of hydrogen-bond acceptors (Lipinski definition) is 5. The van der Waals surface area contributed by atoms with Gasteiger partial charge in [-0.2, -0.15) is 4.98 Å². The lowest BCUT2D eigenvalue weighted by atomic mass is 10.1. The van der Waals surface area contributed by atoms with Gasteiger partial charge in [0, 0.05) is 38.9 Å². The number of nitrogens with zero attached hydrogens (tertiary/aromatic N) is 4. The van der Waals surface area contributed by atoms with Crippen molar-refractivity contribution in [2.24, 2.45) is 0 Å². The lowest BCUT2D eigenvalue weighted by Gasteiger charge is -2.13. The van der Waals surface area contributed by atoms with Crippen LogP contribution in [0.1, 0.15) is 11.1 Å². The van der Waals surface area contributed by atoms with Crippen molar-refractivity contribution in [2.45, 2.75) is 13.1 Å². The minimum atomic E-state index is -0.184. The van der Waals surface area contributed by atoms with E-state index in [1.165, 1.54) is 0 Å². The molecule has 0 fully saturated rings. The Morgan fingerprint density at radius 3 is 2.55 bits per heavy atom. The maximum atomic E-state index is 14.0. The summed E-state index contributed by atoms with van der Waals surface area (Å²) >= 11 is 0. The lowest BCUT2D eigenvalue weighted by molar-refractivity contribution is 0.392. The van der Waals surface area contributed by atoms with E-state index in [1.54, 1.807) is 12.3 Å². The third-order valence-electron chi connectivity index (χ3n) is 3.15. The monoisotopic (exact) mass is 303 g/mol. The molecule has 0 atom stereocenters. The molecule has 1 aromatic heterocycles. The minimum absolute atomic E-state index is 0.184. The van der Waals surface area contributed by atoms with E-state index in [1.807, 2.05) is 56.2 Å². The molecule has 0 aliphatic rings. The molecule has 5 nitrogen and oxygen atoms in total. The van der Waals surface area contributed by atoms with E-state index in [2.05, 4.69) is 15.3 Å². The van der Waals surface area contributed by atoms with Crippen LogP contribution >= 0.6 is 0 Å². The van der Waals surface area contributed by atoms with Gasteiger partial charge >= 0.3 is 0 Å². The molecular weight excluding hydrogens is 281 g/mol. The number of nitrogens with one attached hydrogen (secondary N) is 1. The van der Waals surface area contributed by atoms with Crippen LogP contribution in [0.3, 0.4) is 0 Å². The second-order valence-electron chi connectivity index (χ2n) is 5.65. The van der Waals surface area contributed by atoms with Crippen molar-refractivity contribution < 1.29 is 4.39 Å². The second kappa shape index (κ2) is 7.17. The van der Waals surface area contributed by atoms with Crippen molar-refractivity contribution in [3.63, 3.8) is 0 Å². The standard InChI is InChI=1S/C16H22FN5/c1-21(2)11-13-6-5-12(9-14(13)17)10-19-16-18-8-7-15(20-16)22(3)4/h5-9H,10-11H2,1-4H3,(H,18,19,20). The summed E-state index contributed by atoms with van der Waals surface area (Å²) in [6, 6.07) is 7.14. The highest BCUT2D eigenvalue weighted by Crippen LogP contribution is 2.14. The largest absolute Gasteiger partial charge is 0.363 e. The molecule has 0 saturated carbocycles. The van der Waals surface area contributed by atoms with Crippen LogP contribution in [0.2, 0.25) is 0 Å². The molecule has 0 bridgehead atoms. The zero-order chi connectivity index (χ0) is 16.1. The summed E-state index contributed by atoms with van der Waals surface area (Å²) < 4.78 is 14.0.